The number of rotatable bonds is 4. The minimum atomic E-state index is 0.582. The van der Waals surface area contributed by atoms with E-state index in [1.54, 1.807) is 7.11 Å². The predicted octanol–water partition coefficient (Wildman–Crippen LogP) is 1.88. The minimum Gasteiger partial charge on any atom is -0.497 e. The lowest BCUT2D eigenvalue weighted by molar-refractivity contribution is 0.415. The first-order valence-corrected chi connectivity index (χ1v) is 9.43. The highest BCUT2D eigenvalue weighted by Gasteiger charge is 2.23. The zero-order valence-electron chi connectivity index (χ0n) is 13.8. The average molecular weight is 334 g/mol. The molecule has 6 heteroatoms. The van der Waals surface area contributed by atoms with Gasteiger partial charge in [0, 0.05) is 56.0 Å². The van der Waals surface area contributed by atoms with Crippen LogP contribution in [0.5, 0.6) is 5.75 Å². The van der Waals surface area contributed by atoms with E-state index in [0.717, 1.165) is 55.9 Å². The number of anilines is 1. The van der Waals surface area contributed by atoms with Gasteiger partial charge >= 0.3 is 0 Å². The van der Waals surface area contributed by atoms with Crippen LogP contribution in [0.1, 0.15) is 6.42 Å². The summed E-state index contributed by atoms with van der Waals surface area (Å²) in [5.41, 5.74) is 7.38. The van der Waals surface area contributed by atoms with Crippen LogP contribution in [0.4, 0.5) is 5.69 Å². The van der Waals surface area contributed by atoms with Crippen LogP contribution in [0, 0.1) is 5.92 Å². The van der Waals surface area contributed by atoms with Crippen LogP contribution in [0.3, 0.4) is 0 Å². The molecule has 0 spiro atoms. The lowest BCUT2D eigenvalue weighted by Gasteiger charge is -2.27. The summed E-state index contributed by atoms with van der Waals surface area (Å²) in [4.78, 5) is 9.28. The van der Waals surface area contributed by atoms with Crippen LogP contribution in [-0.2, 0) is 0 Å². The van der Waals surface area contributed by atoms with Crippen LogP contribution in [0.2, 0.25) is 0 Å². The molecule has 0 amide bonds. The van der Waals surface area contributed by atoms with Gasteiger partial charge in [0.25, 0.3) is 0 Å². The molecule has 1 atom stereocenters. The Morgan fingerprint density at radius 2 is 2.17 bits per heavy atom. The molecule has 0 aromatic heterocycles. The number of benzene rings is 1. The van der Waals surface area contributed by atoms with E-state index in [0.29, 0.717) is 5.92 Å². The highest BCUT2D eigenvalue weighted by atomic mass is 32.2. The standard InChI is InChI=1S/C17H26N4OS/c1-22-16-4-2-3-15(11-16)21-6-5-14(13-21)12-19-17(18)20-7-9-23-10-8-20/h2-4,11,14H,5-10,12-13H2,1H3,(H2,18,19). The molecule has 0 saturated carbocycles. The topological polar surface area (TPSA) is 54.1 Å². The number of hydrogen-bond acceptors (Lipinski definition) is 4. The third-order valence-electron chi connectivity index (χ3n) is 4.55. The molecule has 2 N–H and O–H groups in total. The summed E-state index contributed by atoms with van der Waals surface area (Å²) in [5, 5.41) is 0. The lowest BCUT2D eigenvalue weighted by atomic mass is 10.1. The van der Waals surface area contributed by atoms with Gasteiger partial charge in [0.15, 0.2) is 5.96 Å². The van der Waals surface area contributed by atoms with Gasteiger partial charge in [-0.3, -0.25) is 4.99 Å². The highest BCUT2D eigenvalue weighted by molar-refractivity contribution is 7.99. The molecule has 1 unspecified atom stereocenters. The van der Waals surface area contributed by atoms with Crippen molar-refractivity contribution >= 4 is 23.4 Å². The van der Waals surface area contributed by atoms with Gasteiger partial charge in [-0.1, -0.05) is 6.07 Å². The Bertz CT molecular complexity index is 545. The number of nitrogens with zero attached hydrogens (tertiary/aromatic N) is 3. The Morgan fingerprint density at radius 1 is 1.35 bits per heavy atom. The zero-order valence-corrected chi connectivity index (χ0v) is 14.6. The quantitative estimate of drug-likeness (QED) is 0.673. The number of nitrogens with two attached hydrogens (primary N) is 1. The van der Waals surface area contributed by atoms with E-state index >= 15 is 0 Å². The van der Waals surface area contributed by atoms with Crippen molar-refractivity contribution in [2.24, 2.45) is 16.6 Å². The predicted molar refractivity (Wildman–Crippen MR) is 98.7 cm³/mol. The molecule has 23 heavy (non-hydrogen) atoms. The second-order valence-electron chi connectivity index (χ2n) is 6.10. The summed E-state index contributed by atoms with van der Waals surface area (Å²) in [5.74, 6) is 4.53. The number of thioether (sulfide) groups is 1. The van der Waals surface area contributed by atoms with E-state index < -0.39 is 0 Å². The summed E-state index contributed by atoms with van der Waals surface area (Å²) in [6.45, 7) is 5.00. The first-order chi connectivity index (χ1) is 11.3. The molecule has 1 aromatic rings. The molecule has 2 aliphatic rings. The molecule has 0 radical (unpaired) electrons. The highest BCUT2D eigenvalue weighted by Crippen LogP contribution is 2.27. The van der Waals surface area contributed by atoms with Gasteiger partial charge in [-0.05, 0) is 24.5 Å². The molecular formula is C17H26N4OS. The Labute approximate surface area is 142 Å². The second kappa shape index (κ2) is 7.81. The van der Waals surface area contributed by atoms with Gasteiger partial charge in [-0.2, -0.15) is 11.8 Å². The van der Waals surface area contributed by atoms with E-state index in [-0.39, 0.29) is 0 Å². The molecule has 2 aliphatic heterocycles. The third-order valence-corrected chi connectivity index (χ3v) is 5.49. The molecule has 1 aromatic carbocycles. The number of hydrogen-bond donors (Lipinski definition) is 1. The smallest absolute Gasteiger partial charge is 0.191 e. The normalized spacial score (nSPS) is 22.5. The van der Waals surface area contributed by atoms with Crippen LogP contribution in [-0.4, -0.2) is 62.2 Å². The summed E-state index contributed by atoms with van der Waals surface area (Å²) >= 11 is 1.99. The maximum absolute atomic E-state index is 6.15. The van der Waals surface area contributed by atoms with Gasteiger partial charge in [0.1, 0.15) is 5.75 Å². The van der Waals surface area contributed by atoms with Crippen LogP contribution < -0.4 is 15.4 Å². The SMILES string of the molecule is COc1cccc(N2CCC(CN=C(N)N3CCSCC3)C2)c1. The van der Waals surface area contributed by atoms with Crippen LogP contribution >= 0.6 is 11.8 Å². The Kier molecular flexibility index (Phi) is 5.54. The zero-order chi connectivity index (χ0) is 16.1. The number of ether oxygens (including phenoxy) is 1. The lowest BCUT2D eigenvalue weighted by Crippen LogP contribution is -2.43. The molecule has 126 valence electrons. The van der Waals surface area contributed by atoms with Crippen molar-refractivity contribution in [3.05, 3.63) is 24.3 Å². The molecule has 0 bridgehead atoms. The van der Waals surface area contributed by atoms with Gasteiger partial charge in [0.05, 0.1) is 7.11 Å². The first kappa shape index (κ1) is 16.3. The van der Waals surface area contributed by atoms with E-state index in [1.165, 1.54) is 12.1 Å². The van der Waals surface area contributed by atoms with Crippen molar-refractivity contribution < 1.29 is 4.74 Å². The van der Waals surface area contributed by atoms with Crippen molar-refractivity contribution in [1.29, 1.82) is 0 Å². The van der Waals surface area contributed by atoms with Crippen molar-refractivity contribution in [3.8, 4) is 5.75 Å². The van der Waals surface area contributed by atoms with Gasteiger partial charge in [-0.25, -0.2) is 0 Å². The van der Waals surface area contributed by atoms with Gasteiger partial charge in [-0.15, -0.1) is 0 Å². The van der Waals surface area contributed by atoms with Crippen LogP contribution in [0.25, 0.3) is 0 Å². The summed E-state index contributed by atoms with van der Waals surface area (Å²) in [6, 6.07) is 8.28. The van der Waals surface area contributed by atoms with E-state index in [1.807, 2.05) is 23.9 Å². The number of aliphatic imine (C=N–C) groups is 1. The minimum absolute atomic E-state index is 0.582. The summed E-state index contributed by atoms with van der Waals surface area (Å²) < 4.78 is 5.32. The maximum atomic E-state index is 6.15. The molecule has 2 saturated heterocycles. The fourth-order valence-electron chi connectivity index (χ4n) is 3.14. The summed E-state index contributed by atoms with van der Waals surface area (Å²) in [6.07, 6.45) is 1.17. The third kappa shape index (κ3) is 4.25. The second-order valence-corrected chi connectivity index (χ2v) is 7.33. The van der Waals surface area contributed by atoms with E-state index in [9.17, 15) is 0 Å². The van der Waals surface area contributed by atoms with Crippen LogP contribution in [0.15, 0.2) is 29.3 Å². The Balaban J connectivity index is 1.53. The van der Waals surface area contributed by atoms with Crippen molar-refractivity contribution in [2.75, 3.05) is 56.2 Å². The average Bonchev–Trinajstić information content (AvgIpc) is 3.09. The maximum Gasteiger partial charge on any atom is 0.191 e. The monoisotopic (exact) mass is 334 g/mol. The molecular weight excluding hydrogens is 308 g/mol. The molecule has 3 rings (SSSR count). The van der Waals surface area contributed by atoms with Gasteiger partial charge < -0.3 is 20.3 Å². The fraction of sp³-hybridized carbons (Fsp3) is 0.588. The van der Waals surface area contributed by atoms with Gasteiger partial charge in [0.2, 0.25) is 0 Å². The van der Waals surface area contributed by atoms with Crippen molar-refractivity contribution in [1.82, 2.24) is 4.90 Å². The number of methoxy groups -OCH3 is 1. The first-order valence-electron chi connectivity index (χ1n) is 8.28. The van der Waals surface area contributed by atoms with E-state index in [4.69, 9.17) is 10.5 Å². The molecule has 2 heterocycles. The number of guanidine groups is 1. The van der Waals surface area contributed by atoms with Crippen molar-refractivity contribution in [3.63, 3.8) is 0 Å². The molecule has 2 fully saturated rings. The molecule has 5 nitrogen and oxygen atoms in total. The van der Waals surface area contributed by atoms with E-state index in [2.05, 4.69) is 26.9 Å². The molecule has 0 aliphatic carbocycles. The Hall–Kier alpha value is -1.56. The summed E-state index contributed by atoms with van der Waals surface area (Å²) in [7, 11) is 1.71. The van der Waals surface area contributed by atoms with Crippen molar-refractivity contribution in [2.45, 2.75) is 6.42 Å². The fourth-order valence-corrected chi connectivity index (χ4v) is 4.04. The Morgan fingerprint density at radius 3 is 2.96 bits per heavy atom. The largest absolute Gasteiger partial charge is 0.497 e.